The summed E-state index contributed by atoms with van der Waals surface area (Å²) in [5.74, 6) is 0. The Hall–Kier alpha value is -2.17. The average molecular weight is 472 g/mol. The van der Waals surface area contributed by atoms with Gasteiger partial charge in [-0.25, -0.2) is 0 Å². The lowest BCUT2D eigenvalue weighted by molar-refractivity contribution is 0.565. The molecular weight excluding hydrogens is 427 g/mol. The molecule has 0 nitrogen and oxygen atoms in total. The molecule has 0 radical (unpaired) electrons. The van der Waals surface area contributed by atoms with Gasteiger partial charge < -0.3 is 0 Å². The lowest BCUT2D eigenvalue weighted by Crippen LogP contribution is -2.33. The van der Waals surface area contributed by atoms with Crippen LogP contribution in [0.2, 0.25) is 0 Å². The molecular formula is C33H44P+. The molecule has 0 heterocycles. The Bertz CT molecular complexity index is 847. The van der Waals surface area contributed by atoms with E-state index < -0.39 is 7.26 Å². The van der Waals surface area contributed by atoms with Crippen molar-refractivity contribution in [2.75, 3.05) is 6.16 Å². The Kier molecular flexibility index (Phi) is 11.6. The van der Waals surface area contributed by atoms with Gasteiger partial charge in [-0.1, -0.05) is 105 Å². The maximum Gasteiger partial charge on any atom is 0.112 e. The molecule has 34 heavy (non-hydrogen) atoms. The van der Waals surface area contributed by atoms with Crippen LogP contribution >= 0.6 is 7.26 Å². The zero-order chi connectivity index (χ0) is 23.9. The second-order valence-electron chi connectivity index (χ2n) is 9.61. The highest BCUT2D eigenvalue weighted by molar-refractivity contribution is 7.95. The standard InChI is InChI=1S/C33H44P/c1-3-30(2)22-14-9-7-5-4-6-8-10-21-29-34(31-23-15-11-16-24-31,32-25-17-12-18-26-32)33-27-19-13-20-28-33/h3,11-13,15-20,23-28H,4-10,14,21-22,29H2,1-2H3/q+1/b30-3+. The van der Waals surface area contributed by atoms with Crippen molar-refractivity contribution in [3.05, 3.63) is 103 Å². The summed E-state index contributed by atoms with van der Waals surface area (Å²) in [7, 11) is -1.64. The Labute approximate surface area is 209 Å². The van der Waals surface area contributed by atoms with E-state index in [4.69, 9.17) is 0 Å². The van der Waals surface area contributed by atoms with Gasteiger partial charge in [-0.05, 0) is 75.9 Å². The Morgan fingerprint density at radius 2 is 0.882 bits per heavy atom. The largest absolute Gasteiger partial charge is 0.112 e. The predicted molar refractivity (Wildman–Crippen MR) is 156 cm³/mol. The van der Waals surface area contributed by atoms with E-state index in [9.17, 15) is 0 Å². The van der Waals surface area contributed by atoms with E-state index in [1.54, 1.807) is 5.57 Å². The normalized spacial score (nSPS) is 12.1. The van der Waals surface area contributed by atoms with Gasteiger partial charge in [-0.3, -0.25) is 0 Å². The second-order valence-corrected chi connectivity index (χ2v) is 13.2. The van der Waals surface area contributed by atoms with Crippen molar-refractivity contribution in [3.8, 4) is 0 Å². The minimum atomic E-state index is -1.64. The van der Waals surface area contributed by atoms with E-state index in [1.807, 2.05) is 0 Å². The van der Waals surface area contributed by atoms with Gasteiger partial charge in [0.1, 0.15) is 23.2 Å². The highest BCUT2D eigenvalue weighted by Crippen LogP contribution is 2.55. The summed E-state index contributed by atoms with van der Waals surface area (Å²) in [5, 5.41) is 4.54. The quantitative estimate of drug-likeness (QED) is 0.118. The Morgan fingerprint density at radius 1 is 0.529 bits per heavy atom. The summed E-state index contributed by atoms with van der Waals surface area (Å²) in [6.07, 6.45) is 17.2. The van der Waals surface area contributed by atoms with Crippen molar-refractivity contribution < 1.29 is 0 Å². The number of hydrogen-bond acceptors (Lipinski definition) is 0. The van der Waals surface area contributed by atoms with Crippen molar-refractivity contribution in [3.63, 3.8) is 0 Å². The van der Waals surface area contributed by atoms with Crippen LogP contribution in [0.3, 0.4) is 0 Å². The van der Waals surface area contributed by atoms with Gasteiger partial charge in [-0.15, -0.1) is 0 Å². The van der Waals surface area contributed by atoms with Crippen LogP contribution in [0, 0.1) is 0 Å². The SMILES string of the molecule is C/C=C(\C)CCCCCCCCCCC[P+](c1ccccc1)(c1ccccc1)c1ccccc1. The number of hydrogen-bond donors (Lipinski definition) is 0. The van der Waals surface area contributed by atoms with Gasteiger partial charge in [-0.2, -0.15) is 0 Å². The molecule has 0 saturated carbocycles. The van der Waals surface area contributed by atoms with E-state index in [0.29, 0.717) is 0 Å². The summed E-state index contributed by atoms with van der Waals surface area (Å²) in [5.41, 5.74) is 1.54. The summed E-state index contributed by atoms with van der Waals surface area (Å²) >= 11 is 0. The molecule has 0 aliphatic heterocycles. The number of benzene rings is 3. The molecule has 3 aromatic rings. The molecule has 3 aromatic carbocycles. The highest BCUT2D eigenvalue weighted by Gasteiger charge is 2.44. The fourth-order valence-corrected chi connectivity index (χ4v) is 9.43. The van der Waals surface area contributed by atoms with Crippen LogP contribution in [0.25, 0.3) is 0 Å². The zero-order valence-electron chi connectivity index (χ0n) is 21.5. The smallest absolute Gasteiger partial charge is 0.0887 e. The summed E-state index contributed by atoms with van der Waals surface area (Å²) in [6.45, 7) is 4.41. The van der Waals surface area contributed by atoms with Crippen LogP contribution in [-0.4, -0.2) is 6.16 Å². The van der Waals surface area contributed by atoms with E-state index in [2.05, 4.69) is 111 Å². The molecule has 0 unspecified atom stereocenters. The first-order valence-corrected chi connectivity index (χ1v) is 15.4. The molecule has 0 N–H and O–H groups in total. The van der Waals surface area contributed by atoms with E-state index in [1.165, 1.54) is 86.3 Å². The predicted octanol–water partition coefficient (Wildman–Crippen LogP) is 8.85. The van der Waals surface area contributed by atoms with Crippen molar-refractivity contribution in [2.45, 2.75) is 78.1 Å². The molecule has 0 amide bonds. The third kappa shape index (κ3) is 7.68. The fourth-order valence-electron chi connectivity index (χ4n) is 5.02. The first kappa shape index (κ1) is 26.4. The summed E-state index contributed by atoms with van der Waals surface area (Å²) < 4.78 is 0. The Balaban J connectivity index is 1.57. The summed E-state index contributed by atoms with van der Waals surface area (Å²) in [4.78, 5) is 0. The molecule has 0 atom stereocenters. The monoisotopic (exact) mass is 471 g/mol. The molecule has 0 aliphatic rings. The molecule has 1 heteroatoms. The highest BCUT2D eigenvalue weighted by atomic mass is 31.2. The molecule has 0 fully saturated rings. The van der Waals surface area contributed by atoms with E-state index in [-0.39, 0.29) is 0 Å². The van der Waals surface area contributed by atoms with Gasteiger partial charge in [0, 0.05) is 0 Å². The molecule has 3 rings (SSSR count). The average Bonchev–Trinajstić information content (AvgIpc) is 2.91. The van der Waals surface area contributed by atoms with Crippen molar-refractivity contribution in [1.29, 1.82) is 0 Å². The van der Waals surface area contributed by atoms with Gasteiger partial charge in [0.2, 0.25) is 0 Å². The lowest BCUT2D eigenvalue weighted by atomic mass is 10.0. The minimum absolute atomic E-state index is 1.26. The number of rotatable bonds is 15. The van der Waals surface area contributed by atoms with E-state index in [0.717, 1.165) is 0 Å². The van der Waals surface area contributed by atoms with Crippen molar-refractivity contribution in [1.82, 2.24) is 0 Å². The molecule has 0 bridgehead atoms. The third-order valence-electron chi connectivity index (χ3n) is 7.15. The van der Waals surface area contributed by atoms with Gasteiger partial charge >= 0.3 is 0 Å². The minimum Gasteiger partial charge on any atom is -0.0887 e. The summed E-state index contributed by atoms with van der Waals surface area (Å²) in [6, 6.07) is 34.0. The van der Waals surface area contributed by atoms with Crippen LogP contribution in [0.1, 0.15) is 78.1 Å². The first-order chi connectivity index (χ1) is 16.8. The zero-order valence-corrected chi connectivity index (χ0v) is 22.4. The fraction of sp³-hybridized carbons (Fsp3) is 0.394. The molecule has 180 valence electrons. The van der Waals surface area contributed by atoms with Crippen LogP contribution in [0.15, 0.2) is 103 Å². The van der Waals surface area contributed by atoms with Crippen molar-refractivity contribution >= 4 is 23.2 Å². The molecule has 0 aromatic heterocycles. The molecule has 0 spiro atoms. The van der Waals surface area contributed by atoms with Crippen LogP contribution in [0.5, 0.6) is 0 Å². The number of unbranched alkanes of at least 4 members (excludes halogenated alkanes) is 8. The Morgan fingerprint density at radius 3 is 1.26 bits per heavy atom. The van der Waals surface area contributed by atoms with Gasteiger partial charge in [0.15, 0.2) is 0 Å². The van der Waals surface area contributed by atoms with Gasteiger partial charge in [0.05, 0.1) is 6.16 Å². The molecule has 0 saturated heterocycles. The topological polar surface area (TPSA) is 0 Å². The first-order valence-electron chi connectivity index (χ1n) is 13.4. The number of allylic oxidation sites excluding steroid dienone is 2. The van der Waals surface area contributed by atoms with Gasteiger partial charge in [0.25, 0.3) is 0 Å². The van der Waals surface area contributed by atoms with Crippen LogP contribution < -0.4 is 15.9 Å². The molecule has 0 aliphatic carbocycles. The van der Waals surface area contributed by atoms with Crippen molar-refractivity contribution in [2.24, 2.45) is 0 Å². The van der Waals surface area contributed by atoms with E-state index >= 15 is 0 Å². The lowest BCUT2D eigenvalue weighted by Gasteiger charge is -2.27. The second kappa shape index (κ2) is 15.0. The third-order valence-corrected chi connectivity index (χ3v) is 11.7. The van der Waals surface area contributed by atoms with Crippen LogP contribution in [-0.2, 0) is 0 Å². The maximum absolute atomic E-state index is 2.37. The maximum atomic E-state index is 2.37. The van der Waals surface area contributed by atoms with Crippen LogP contribution in [0.4, 0.5) is 0 Å².